The molecule has 33 heavy (non-hydrogen) atoms. The van der Waals surface area contributed by atoms with Crippen molar-refractivity contribution in [2.45, 2.75) is 25.4 Å². The van der Waals surface area contributed by atoms with Crippen molar-refractivity contribution < 1.29 is 37.0 Å². The maximum atomic E-state index is 13.0. The minimum atomic E-state index is -4.85. The summed E-state index contributed by atoms with van der Waals surface area (Å²) in [6.07, 6.45) is -4.85. The molecule has 1 saturated heterocycles. The Kier molecular flexibility index (Phi) is 6.52. The van der Waals surface area contributed by atoms with E-state index in [4.69, 9.17) is 4.74 Å². The van der Waals surface area contributed by atoms with Gasteiger partial charge in [-0.15, -0.1) is 13.2 Å². The molecule has 0 bridgehead atoms. The number of ether oxygens (including phenoxy) is 2. The Morgan fingerprint density at radius 3 is 2.36 bits per heavy atom. The maximum Gasteiger partial charge on any atom is 0.573 e. The number of alkyl halides is 3. The molecular weight excluding hydrogens is 443 g/mol. The molecule has 2 aromatic carbocycles. The fourth-order valence-corrected chi connectivity index (χ4v) is 3.46. The number of para-hydroxylation sites is 1. The van der Waals surface area contributed by atoms with Gasteiger partial charge in [-0.1, -0.05) is 30.3 Å². The predicted octanol–water partition coefficient (Wildman–Crippen LogP) is 3.02. The van der Waals surface area contributed by atoms with E-state index in [2.05, 4.69) is 10.1 Å². The number of rotatable bonds is 7. The van der Waals surface area contributed by atoms with E-state index in [1.807, 2.05) is 0 Å². The summed E-state index contributed by atoms with van der Waals surface area (Å²) in [5.41, 5.74) is -0.554. The number of methoxy groups -OCH3 is 1. The van der Waals surface area contributed by atoms with Crippen LogP contribution >= 0.6 is 0 Å². The average Bonchev–Trinajstić information content (AvgIpc) is 2.97. The first-order valence-electron chi connectivity index (χ1n) is 9.81. The van der Waals surface area contributed by atoms with E-state index in [-0.39, 0.29) is 12.1 Å². The van der Waals surface area contributed by atoms with Gasteiger partial charge < -0.3 is 19.7 Å². The summed E-state index contributed by atoms with van der Waals surface area (Å²) in [4.78, 5) is 40.3. The largest absolute Gasteiger partial charge is 0.573 e. The molecule has 1 N–H and O–H groups in total. The Hall–Kier alpha value is -3.76. The van der Waals surface area contributed by atoms with Gasteiger partial charge in [-0.25, -0.2) is 4.79 Å². The highest BCUT2D eigenvalue weighted by Gasteiger charge is 2.49. The first kappa shape index (κ1) is 23.9. The molecule has 1 atom stereocenters. The molecule has 1 fully saturated rings. The zero-order valence-electron chi connectivity index (χ0n) is 18.1. The van der Waals surface area contributed by atoms with Gasteiger partial charge in [0.1, 0.15) is 23.6 Å². The van der Waals surface area contributed by atoms with E-state index in [9.17, 15) is 27.6 Å². The number of amides is 4. The average molecular weight is 465 g/mol. The number of carbonyl (C=O) groups is 3. The van der Waals surface area contributed by atoms with E-state index in [0.29, 0.717) is 5.75 Å². The van der Waals surface area contributed by atoms with Gasteiger partial charge >= 0.3 is 12.4 Å². The van der Waals surface area contributed by atoms with Gasteiger partial charge in [0.2, 0.25) is 5.91 Å². The summed E-state index contributed by atoms with van der Waals surface area (Å²) in [5, 5.41) is 2.51. The standard InChI is InChI=1S/C22H22F3N3O5/c1-21(15-8-10-16(11-9-15)33-22(23,24)25)19(30)28(20(31)26-21)13-18(29)27(2)12-14-6-4-5-7-17(14)32-3/h4-11H,12-13H2,1-3H3,(H,26,31). The summed E-state index contributed by atoms with van der Waals surface area (Å²) in [6.45, 7) is 1.11. The monoisotopic (exact) mass is 465 g/mol. The van der Waals surface area contributed by atoms with Crippen LogP contribution in [0.1, 0.15) is 18.1 Å². The van der Waals surface area contributed by atoms with Crippen molar-refractivity contribution in [3.05, 3.63) is 59.7 Å². The zero-order chi connectivity index (χ0) is 24.4. The third-order valence-electron chi connectivity index (χ3n) is 5.26. The number of nitrogens with one attached hydrogen (secondary N) is 1. The second-order valence-corrected chi connectivity index (χ2v) is 7.58. The molecule has 0 saturated carbocycles. The lowest BCUT2D eigenvalue weighted by Gasteiger charge is -2.24. The van der Waals surface area contributed by atoms with Crippen LogP contribution in [0.3, 0.4) is 0 Å². The third kappa shape index (κ3) is 5.18. The van der Waals surface area contributed by atoms with Crippen LogP contribution in [0, 0.1) is 0 Å². The Balaban J connectivity index is 1.71. The van der Waals surface area contributed by atoms with Crippen LogP contribution in [0.5, 0.6) is 11.5 Å². The molecule has 1 aliphatic rings. The van der Waals surface area contributed by atoms with Gasteiger partial charge in [0, 0.05) is 19.2 Å². The van der Waals surface area contributed by atoms with Crippen molar-refractivity contribution in [2.75, 3.05) is 20.7 Å². The molecule has 1 aliphatic heterocycles. The third-order valence-corrected chi connectivity index (χ3v) is 5.26. The zero-order valence-corrected chi connectivity index (χ0v) is 18.1. The molecule has 4 amide bonds. The fraction of sp³-hybridized carbons (Fsp3) is 0.318. The van der Waals surface area contributed by atoms with Crippen molar-refractivity contribution in [3.63, 3.8) is 0 Å². The van der Waals surface area contributed by atoms with Crippen molar-refractivity contribution in [1.82, 2.24) is 15.1 Å². The van der Waals surface area contributed by atoms with Crippen LogP contribution in [-0.4, -0.2) is 54.7 Å². The van der Waals surface area contributed by atoms with E-state index < -0.39 is 42.0 Å². The lowest BCUT2D eigenvalue weighted by atomic mass is 9.92. The van der Waals surface area contributed by atoms with Crippen molar-refractivity contribution in [1.29, 1.82) is 0 Å². The minimum Gasteiger partial charge on any atom is -0.496 e. The molecule has 1 unspecified atom stereocenters. The minimum absolute atomic E-state index is 0.199. The predicted molar refractivity (Wildman–Crippen MR) is 110 cm³/mol. The highest BCUT2D eigenvalue weighted by atomic mass is 19.4. The summed E-state index contributed by atoms with van der Waals surface area (Å²) in [5.74, 6) is -1.05. The summed E-state index contributed by atoms with van der Waals surface area (Å²) >= 11 is 0. The smallest absolute Gasteiger partial charge is 0.496 e. The summed E-state index contributed by atoms with van der Waals surface area (Å²) < 4.78 is 46.2. The van der Waals surface area contributed by atoms with Crippen molar-refractivity contribution in [3.8, 4) is 11.5 Å². The molecule has 0 radical (unpaired) electrons. The number of urea groups is 1. The van der Waals surface area contributed by atoms with Crippen LogP contribution < -0.4 is 14.8 Å². The summed E-state index contributed by atoms with van der Waals surface area (Å²) in [7, 11) is 3.04. The SMILES string of the molecule is COc1ccccc1CN(C)C(=O)CN1C(=O)NC(C)(c2ccc(OC(F)(F)F)cc2)C1=O. The number of nitrogens with zero attached hydrogens (tertiary/aromatic N) is 2. The molecule has 11 heteroatoms. The van der Waals surface area contributed by atoms with Gasteiger partial charge in [0.15, 0.2) is 0 Å². The molecule has 2 aromatic rings. The first-order chi connectivity index (χ1) is 15.4. The van der Waals surface area contributed by atoms with E-state index in [1.165, 1.54) is 38.1 Å². The molecule has 0 aromatic heterocycles. The van der Waals surface area contributed by atoms with Gasteiger partial charge in [-0.2, -0.15) is 0 Å². The highest BCUT2D eigenvalue weighted by molar-refractivity contribution is 6.09. The molecular formula is C22H22F3N3O5. The molecule has 8 nitrogen and oxygen atoms in total. The number of hydrogen-bond acceptors (Lipinski definition) is 5. The molecule has 3 rings (SSSR count). The highest BCUT2D eigenvalue weighted by Crippen LogP contribution is 2.31. The normalized spacial score (nSPS) is 18.2. The number of imide groups is 1. The topological polar surface area (TPSA) is 88.2 Å². The molecule has 0 aliphatic carbocycles. The Bertz CT molecular complexity index is 1060. The lowest BCUT2D eigenvalue weighted by Crippen LogP contribution is -2.43. The van der Waals surface area contributed by atoms with Crippen LogP contribution in [0.25, 0.3) is 0 Å². The number of hydrogen-bond donors (Lipinski definition) is 1. The van der Waals surface area contributed by atoms with Crippen LogP contribution in [0.2, 0.25) is 0 Å². The molecule has 0 spiro atoms. The van der Waals surface area contributed by atoms with E-state index >= 15 is 0 Å². The first-order valence-corrected chi connectivity index (χ1v) is 9.81. The van der Waals surface area contributed by atoms with Gasteiger partial charge in [0.25, 0.3) is 5.91 Å². The van der Waals surface area contributed by atoms with Gasteiger partial charge in [-0.05, 0) is 30.7 Å². The maximum absolute atomic E-state index is 13.0. The van der Waals surface area contributed by atoms with Crippen molar-refractivity contribution in [2.24, 2.45) is 0 Å². The second kappa shape index (κ2) is 9.00. The van der Waals surface area contributed by atoms with Gasteiger partial charge in [-0.3, -0.25) is 14.5 Å². The quantitative estimate of drug-likeness (QED) is 0.636. The Morgan fingerprint density at radius 2 is 1.76 bits per heavy atom. The number of benzene rings is 2. The lowest BCUT2D eigenvalue weighted by molar-refractivity contribution is -0.274. The van der Waals surface area contributed by atoms with Gasteiger partial charge in [0.05, 0.1) is 7.11 Å². The summed E-state index contributed by atoms with van der Waals surface area (Å²) in [6, 6.07) is 10.9. The number of halogens is 3. The molecule has 176 valence electrons. The van der Waals surface area contributed by atoms with Crippen LogP contribution in [0.15, 0.2) is 48.5 Å². The number of likely N-dealkylation sites (N-methyl/N-ethyl adjacent to an activating group) is 1. The Morgan fingerprint density at radius 1 is 1.12 bits per heavy atom. The Labute approximate surface area is 187 Å². The van der Waals surface area contributed by atoms with Crippen molar-refractivity contribution >= 4 is 17.8 Å². The van der Waals surface area contributed by atoms with E-state index in [1.54, 1.807) is 24.3 Å². The fourth-order valence-electron chi connectivity index (χ4n) is 3.46. The van der Waals surface area contributed by atoms with Crippen LogP contribution in [0.4, 0.5) is 18.0 Å². The van der Waals surface area contributed by atoms with Crippen LogP contribution in [-0.2, 0) is 21.7 Å². The molecule has 1 heterocycles. The number of carbonyl (C=O) groups excluding carboxylic acids is 3. The second-order valence-electron chi connectivity index (χ2n) is 7.58. The van der Waals surface area contributed by atoms with E-state index in [0.717, 1.165) is 22.6 Å².